The summed E-state index contributed by atoms with van der Waals surface area (Å²) in [5, 5.41) is 21.1. The van der Waals surface area contributed by atoms with E-state index in [0.717, 1.165) is 36.4 Å². The average molecular weight is 332 g/mol. The zero-order chi connectivity index (χ0) is 13.9. The molecule has 8 heteroatoms. The van der Waals surface area contributed by atoms with Crippen LogP contribution in [0.1, 0.15) is 12.8 Å². The quantitative estimate of drug-likeness (QED) is 0.849. The number of tetrazole rings is 1. The Labute approximate surface area is 120 Å². The third-order valence-corrected chi connectivity index (χ3v) is 3.76. The molecule has 0 unspecified atom stereocenters. The van der Waals surface area contributed by atoms with Gasteiger partial charge in [-0.3, -0.25) is 0 Å². The van der Waals surface area contributed by atoms with Gasteiger partial charge in [0.05, 0.1) is 18.8 Å². The van der Waals surface area contributed by atoms with Crippen LogP contribution in [0.15, 0.2) is 11.1 Å². The van der Waals surface area contributed by atoms with Gasteiger partial charge in [0.2, 0.25) is 5.95 Å². The van der Waals surface area contributed by atoms with Gasteiger partial charge in [0.25, 0.3) is 0 Å². The Morgan fingerprint density at radius 1 is 1.53 bits per heavy atom. The molecule has 1 saturated heterocycles. The number of ether oxygens (including phenoxy) is 1. The van der Waals surface area contributed by atoms with Gasteiger partial charge in [-0.2, -0.15) is 0 Å². The molecule has 7 nitrogen and oxygen atoms in total. The summed E-state index contributed by atoms with van der Waals surface area (Å²) in [5.41, 5.74) is -0.423. The molecular weight excluding hydrogens is 314 g/mol. The summed E-state index contributed by atoms with van der Waals surface area (Å²) in [6.45, 7) is 5.88. The Kier molecular flexibility index (Phi) is 4.54. The van der Waals surface area contributed by atoms with Crippen molar-refractivity contribution in [1.82, 2.24) is 20.2 Å². The minimum absolute atomic E-state index is 0.0421. The molecule has 106 valence electrons. The van der Waals surface area contributed by atoms with Crippen molar-refractivity contribution in [3.05, 3.63) is 11.1 Å². The Bertz CT molecular complexity index is 436. The molecule has 0 aromatic carbocycles. The number of hydrogen-bond acceptors (Lipinski definition) is 6. The molecular formula is C11H18BrN5O2. The molecule has 2 rings (SSSR count). The van der Waals surface area contributed by atoms with Gasteiger partial charge in [-0.1, -0.05) is 27.6 Å². The molecule has 1 fully saturated rings. The van der Waals surface area contributed by atoms with E-state index in [-0.39, 0.29) is 6.61 Å². The van der Waals surface area contributed by atoms with Crippen LogP contribution in [0.3, 0.4) is 0 Å². The largest absolute Gasteiger partial charge is 0.393 e. The number of aliphatic hydroxyl groups is 1. The maximum Gasteiger partial charge on any atom is 0.245 e. The van der Waals surface area contributed by atoms with E-state index in [9.17, 15) is 5.11 Å². The lowest BCUT2D eigenvalue weighted by Crippen LogP contribution is -2.48. The minimum atomic E-state index is -0.423. The van der Waals surface area contributed by atoms with Gasteiger partial charge >= 0.3 is 0 Å². The van der Waals surface area contributed by atoms with Gasteiger partial charge in [-0.25, -0.2) is 4.68 Å². The maximum absolute atomic E-state index is 9.43. The molecule has 1 aromatic rings. The standard InChI is InChI=1S/C11H18BrN5O2/c1-9(12)7-17-10(13-14-15-17)16-5-3-11(8-18,19-2)4-6-16/h18H,1,3-8H2,2H3. The van der Waals surface area contributed by atoms with Crippen LogP contribution in [-0.2, 0) is 11.3 Å². The highest BCUT2D eigenvalue weighted by Crippen LogP contribution is 2.27. The monoisotopic (exact) mass is 331 g/mol. The van der Waals surface area contributed by atoms with Crippen LogP contribution in [0.25, 0.3) is 0 Å². The summed E-state index contributed by atoms with van der Waals surface area (Å²) in [6, 6.07) is 0. The normalized spacial score (nSPS) is 18.6. The molecule has 0 amide bonds. The fourth-order valence-corrected chi connectivity index (χ4v) is 2.47. The van der Waals surface area contributed by atoms with Gasteiger partial charge in [0.1, 0.15) is 0 Å². The number of allylic oxidation sites excluding steroid dienone is 1. The Morgan fingerprint density at radius 3 is 2.74 bits per heavy atom. The van der Waals surface area contributed by atoms with E-state index in [1.54, 1.807) is 11.8 Å². The van der Waals surface area contributed by atoms with Crippen molar-refractivity contribution in [2.75, 3.05) is 31.7 Å². The number of aliphatic hydroxyl groups excluding tert-OH is 1. The van der Waals surface area contributed by atoms with E-state index in [4.69, 9.17) is 4.74 Å². The lowest BCUT2D eigenvalue weighted by atomic mass is 9.92. The SMILES string of the molecule is C=C(Br)Cn1nnnc1N1CCC(CO)(OC)CC1. The van der Waals surface area contributed by atoms with Crippen molar-refractivity contribution >= 4 is 21.9 Å². The molecule has 1 N–H and O–H groups in total. The number of rotatable bonds is 5. The molecule has 0 atom stereocenters. The van der Waals surface area contributed by atoms with E-state index in [1.807, 2.05) is 0 Å². The maximum atomic E-state index is 9.43. The molecule has 0 saturated carbocycles. The first-order valence-corrected chi connectivity index (χ1v) is 6.90. The van der Waals surface area contributed by atoms with Crippen LogP contribution in [0.5, 0.6) is 0 Å². The van der Waals surface area contributed by atoms with Gasteiger partial charge in [-0.15, -0.1) is 0 Å². The number of piperidine rings is 1. The third-order valence-electron chi connectivity index (χ3n) is 3.51. The first-order chi connectivity index (χ1) is 9.10. The van der Waals surface area contributed by atoms with Gasteiger partial charge < -0.3 is 14.7 Å². The van der Waals surface area contributed by atoms with Crippen LogP contribution in [0, 0.1) is 0 Å². The molecule has 2 heterocycles. The first kappa shape index (κ1) is 14.4. The first-order valence-electron chi connectivity index (χ1n) is 6.10. The van der Waals surface area contributed by atoms with Crippen LogP contribution in [-0.4, -0.2) is 57.7 Å². The topological polar surface area (TPSA) is 76.3 Å². The number of anilines is 1. The van der Waals surface area contributed by atoms with E-state index in [2.05, 4.69) is 42.9 Å². The predicted molar refractivity (Wildman–Crippen MR) is 74.2 cm³/mol. The van der Waals surface area contributed by atoms with Crippen molar-refractivity contribution < 1.29 is 9.84 Å². The van der Waals surface area contributed by atoms with Crippen molar-refractivity contribution in [2.45, 2.75) is 25.0 Å². The van der Waals surface area contributed by atoms with Crippen molar-refractivity contribution in [3.63, 3.8) is 0 Å². The number of methoxy groups -OCH3 is 1. The zero-order valence-electron chi connectivity index (χ0n) is 10.9. The molecule has 0 spiro atoms. The van der Waals surface area contributed by atoms with Gasteiger partial charge in [0, 0.05) is 24.7 Å². The molecule has 0 bridgehead atoms. The zero-order valence-corrected chi connectivity index (χ0v) is 12.5. The minimum Gasteiger partial charge on any atom is -0.393 e. The molecule has 0 aliphatic carbocycles. The van der Waals surface area contributed by atoms with Gasteiger partial charge in [-0.05, 0) is 23.3 Å². The van der Waals surface area contributed by atoms with Crippen molar-refractivity contribution in [2.24, 2.45) is 0 Å². The predicted octanol–water partition coefficient (Wildman–Crippen LogP) is 0.559. The molecule has 1 aliphatic heterocycles. The van der Waals surface area contributed by atoms with Crippen LogP contribution < -0.4 is 4.90 Å². The average Bonchev–Trinajstić information content (AvgIpc) is 2.86. The summed E-state index contributed by atoms with van der Waals surface area (Å²) < 4.78 is 7.95. The fraction of sp³-hybridized carbons (Fsp3) is 0.727. The van der Waals surface area contributed by atoms with E-state index >= 15 is 0 Å². The molecule has 19 heavy (non-hydrogen) atoms. The number of aromatic nitrogens is 4. The van der Waals surface area contributed by atoms with Crippen LogP contribution >= 0.6 is 15.9 Å². The molecule has 1 aromatic heterocycles. The van der Waals surface area contributed by atoms with Crippen LogP contribution in [0.2, 0.25) is 0 Å². The van der Waals surface area contributed by atoms with E-state index in [1.165, 1.54) is 0 Å². The van der Waals surface area contributed by atoms with E-state index < -0.39 is 5.60 Å². The second kappa shape index (κ2) is 5.98. The number of nitrogens with zero attached hydrogens (tertiary/aromatic N) is 5. The van der Waals surface area contributed by atoms with Crippen molar-refractivity contribution in [1.29, 1.82) is 0 Å². The highest BCUT2D eigenvalue weighted by atomic mass is 79.9. The van der Waals surface area contributed by atoms with Gasteiger partial charge in [0.15, 0.2) is 0 Å². The highest BCUT2D eigenvalue weighted by Gasteiger charge is 2.35. The lowest BCUT2D eigenvalue weighted by molar-refractivity contribution is -0.0674. The van der Waals surface area contributed by atoms with E-state index in [0.29, 0.717) is 6.54 Å². The van der Waals surface area contributed by atoms with Crippen LogP contribution in [0.4, 0.5) is 5.95 Å². The summed E-state index contributed by atoms with van der Waals surface area (Å²) in [6.07, 6.45) is 1.50. The highest BCUT2D eigenvalue weighted by molar-refractivity contribution is 9.11. The summed E-state index contributed by atoms with van der Waals surface area (Å²) in [5.74, 6) is 0.725. The summed E-state index contributed by atoms with van der Waals surface area (Å²) >= 11 is 3.31. The summed E-state index contributed by atoms with van der Waals surface area (Å²) in [7, 11) is 1.64. The fourth-order valence-electron chi connectivity index (χ4n) is 2.23. The smallest absolute Gasteiger partial charge is 0.245 e. The molecule has 1 aliphatic rings. The lowest BCUT2D eigenvalue weighted by Gasteiger charge is -2.39. The molecule has 0 radical (unpaired) electrons. The summed E-state index contributed by atoms with van der Waals surface area (Å²) in [4.78, 5) is 2.10. The second-order valence-electron chi connectivity index (χ2n) is 4.69. The Morgan fingerprint density at radius 2 is 2.21 bits per heavy atom. The second-order valence-corrected chi connectivity index (χ2v) is 5.81. The Balaban J connectivity index is 2.05. The number of halogens is 1. The van der Waals surface area contributed by atoms with Crippen molar-refractivity contribution in [3.8, 4) is 0 Å². The Hall–Kier alpha value is -0.990. The third kappa shape index (κ3) is 3.13. The number of hydrogen-bond donors (Lipinski definition) is 1.